The van der Waals surface area contributed by atoms with Crippen LogP contribution in [0.3, 0.4) is 0 Å². The lowest BCUT2D eigenvalue weighted by Crippen LogP contribution is -2.99. The summed E-state index contributed by atoms with van der Waals surface area (Å²) < 4.78 is 1.67. The van der Waals surface area contributed by atoms with Crippen LogP contribution < -0.4 is 10.5 Å². The summed E-state index contributed by atoms with van der Waals surface area (Å²) in [5.41, 5.74) is 3.21. The summed E-state index contributed by atoms with van der Waals surface area (Å²) >= 11 is 6.01. The Hall–Kier alpha value is -2.78. The molecule has 1 atom stereocenters. The highest BCUT2D eigenvalue weighted by atomic mass is 35.5. The molecule has 0 saturated heterocycles. The number of benzene rings is 2. The zero-order valence-corrected chi connectivity index (χ0v) is 14.3. The van der Waals surface area contributed by atoms with Gasteiger partial charge in [0.15, 0.2) is 17.2 Å². The lowest BCUT2D eigenvalue weighted by atomic mass is 10.1. The number of rotatable bonds is 4. The zero-order chi connectivity index (χ0) is 18.1. The van der Waals surface area contributed by atoms with Crippen LogP contribution in [-0.4, -0.2) is 39.1 Å². The van der Waals surface area contributed by atoms with Crippen molar-refractivity contribution in [2.45, 2.75) is 0 Å². The SMILES string of the molecule is [O-][NH+](O)c1ccc(-n2nnc(C3=NCCN3)c2-c2ccc(Cl)cc2)cc1. The summed E-state index contributed by atoms with van der Waals surface area (Å²) in [7, 11) is 0. The third kappa shape index (κ3) is 3.06. The highest BCUT2D eigenvalue weighted by Gasteiger charge is 2.22. The van der Waals surface area contributed by atoms with Crippen LogP contribution in [0.25, 0.3) is 16.9 Å². The smallest absolute Gasteiger partial charge is 0.163 e. The fourth-order valence-corrected chi connectivity index (χ4v) is 2.92. The van der Waals surface area contributed by atoms with E-state index >= 15 is 0 Å². The van der Waals surface area contributed by atoms with Crippen molar-refractivity contribution in [1.29, 1.82) is 0 Å². The van der Waals surface area contributed by atoms with Gasteiger partial charge in [0, 0.05) is 29.3 Å². The minimum atomic E-state index is -0.974. The molecule has 1 aliphatic heterocycles. The van der Waals surface area contributed by atoms with Crippen LogP contribution in [0, 0.1) is 5.21 Å². The van der Waals surface area contributed by atoms with Crippen LogP contribution in [0.2, 0.25) is 5.02 Å². The largest absolute Gasteiger partial charge is 0.595 e. The molecule has 3 aromatic rings. The lowest BCUT2D eigenvalue weighted by Gasteiger charge is -2.12. The quantitative estimate of drug-likeness (QED) is 0.601. The van der Waals surface area contributed by atoms with Gasteiger partial charge in [0.05, 0.1) is 12.2 Å². The van der Waals surface area contributed by atoms with Crippen molar-refractivity contribution >= 4 is 23.1 Å². The minimum Gasteiger partial charge on any atom is -0.595 e. The molecule has 132 valence electrons. The standard InChI is InChI=1S/C17H15ClN6O2/c18-12-3-1-11(2-4-12)16-15(17-19-9-10-20-17)21-22-23(16)13-5-7-14(8-6-13)24(25)26/h1-8,24-25H,9-10H2,(H,19,20). The first-order valence-electron chi connectivity index (χ1n) is 7.97. The van der Waals surface area contributed by atoms with E-state index < -0.39 is 5.23 Å². The zero-order valence-electron chi connectivity index (χ0n) is 13.6. The molecule has 1 aromatic heterocycles. The second kappa shape index (κ2) is 6.85. The molecule has 0 aliphatic carbocycles. The number of nitrogens with one attached hydrogen (secondary N) is 2. The van der Waals surface area contributed by atoms with E-state index in [4.69, 9.17) is 16.8 Å². The molecule has 0 amide bonds. The van der Waals surface area contributed by atoms with E-state index in [9.17, 15) is 5.21 Å². The number of aromatic nitrogens is 3. The Balaban J connectivity index is 1.85. The van der Waals surface area contributed by atoms with Gasteiger partial charge < -0.3 is 10.5 Å². The van der Waals surface area contributed by atoms with E-state index in [0.29, 0.717) is 28.8 Å². The average Bonchev–Trinajstić information content (AvgIpc) is 3.32. The molecule has 1 unspecified atom stereocenters. The van der Waals surface area contributed by atoms with Crippen LogP contribution in [0.4, 0.5) is 5.69 Å². The second-order valence-electron chi connectivity index (χ2n) is 5.71. The Morgan fingerprint density at radius 2 is 1.85 bits per heavy atom. The first-order chi connectivity index (χ1) is 12.6. The molecule has 0 saturated carbocycles. The highest BCUT2D eigenvalue weighted by Crippen LogP contribution is 2.27. The summed E-state index contributed by atoms with van der Waals surface area (Å²) in [6.07, 6.45) is 0. The Bertz CT molecular complexity index is 950. The molecule has 0 bridgehead atoms. The molecular weight excluding hydrogens is 356 g/mol. The van der Waals surface area contributed by atoms with Gasteiger partial charge >= 0.3 is 0 Å². The summed E-state index contributed by atoms with van der Waals surface area (Å²) in [5, 5.41) is 31.6. The first-order valence-corrected chi connectivity index (χ1v) is 8.35. The van der Waals surface area contributed by atoms with E-state index in [-0.39, 0.29) is 5.69 Å². The number of nitrogens with zero attached hydrogens (tertiary/aromatic N) is 4. The van der Waals surface area contributed by atoms with E-state index in [1.165, 1.54) is 12.1 Å². The molecule has 26 heavy (non-hydrogen) atoms. The van der Waals surface area contributed by atoms with Gasteiger partial charge in [-0.25, -0.2) is 9.89 Å². The van der Waals surface area contributed by atoms with Crippen molar-refractivity contribution in [3.63, 3.8) is 0 Å². The molecule has 2 heterocycles. The molecule has 2 aromatic carbocycles. The molecule has 8 nitrogen and oxygen atoms in total. The molecule has 0 spiro atoms. The number of hydrogen-bond donors (Lipinski definition) is 3. The van der Waals surface area contributed by atoms with Gasteiger partial charge in [-0.05, 0) is 24.3 Å². The predicted molar refractivity (Wildman–Crippen MR) is 97.0 cm³/mol. The van der Waals surface area contributed by atoms with Crippen LogP contribution in [-0.2, 0) is 0 Å². The summed E-state index contributed by atoms with van der Waals surface area (Å²) in [6.45, 7) is 1.45. The summed E-state index contributed by atoms with van der Waals surface area (Å²) in [5.74, 6) is 0.698. The van der Waals surface area contributed by atoms with Crippen molar-refractivity contribution in [2.75, 3.05) is 13.1 Å². The number of halogens is 1. The van der Waals surface area contributed by atoms with E-state index in [2.05, 4.69) is 20.6 Å². The molecular formula is C17H15ClN6O2. The van der Waals surface area contributed by atoms with Crippen LogP contribution in [0.5, 0.6) is 0 Å². The first kappa shape index (κ1) is 16.7. The Morgan fingerprint density at radius 1 is 1.12 bits per heavy atom. The van der Waals surface area contributed by atoms with E-state index in [0.717, 1.165) is 17.8 Å². The van der Waals surface area contributed by atoms with Crippen LogP contribution in [0.1, 0.15) is 5.69 Å². The Kier molecular flexibility index (Phi) is 4.39. The Morgan fingerprint density at radius 3 is 2.46 bits per heavy atom. The van der Waals surface area contributed by atoms with Crippen molar-refractivity contribution < 1.29 is 10.4 Å². The van der Waals surface area contributed by atoms with Gasteiger partial charge in [-0.2, -0.15) is 5.23 Å². The van der Waals surface area contributed by atoms with Gasteiger partial charge in [-0.15, -0.1) is 5.10 Å². The molecule has 4 rings (SSSR count). The third-order valence-corrected chi connectivity index (χ3v) is 4.30. The fourth-order valence-electron chi connectivity index (χ4n) is 2.79. The van der Waals surface area contributed by atoms with Gasteiger partial charge in [0.25, 0.3) is 0 Å². The predicted octanol–water partition coefficient (Wildman–Crippen LogP) is 1.34. The maximum atomic E-state index is 11.1. The molecule has 0 fully saturated rings. The number of aliphatic imine (C=N–C) groups is 1. The number of amidine groups is 1. The van der Waals surface area contributed by atoms with Gasteiger partial charge in [-0.3, -0.25) is 4.99 Å². The van der Waals surface area contributed by atoms with Crippen molar-refractivity contribution in [2.24, 2.45) is 4.99 Å². The fraction of sp³-hybridized carbons (Fsp3) is 0.118. The maximum absolute atomic E-state index is 11.1. The topological polar surface area (TPSA) is 103 Å². The van der Waals surface area contributed by atoms with Crippen molar-refractivity contribution in [3.8, 4) is 16.9 Å². The maximum Gasteiger partial charge on any atom is 0.163 e. The van der Waals surface area contributed by atoms with Gasteiger partial charge in [0.2, 0.25) is 0 Å². The molecule has 9 heteroatoms. The third-order valence-electron chi connectivity index (χ3n) is 4.05. The van der Waals surface area contributed by atoms with Gasteiger partial charge in [-0.1, -0.05) is 28.9 Å². The second-order valence-corrected chi connectivity index (χ2v) is 6.15. The van der Waals surface area contributed by atoms with Crippen LogP contribution in [0.15, 0.2) is 53.5 Å². The van der Waals surface area contributed by atoms with Crippen molar-refractivity contribution in [3.05, 3.63) is 64.5 Å². The monoisotopic (exact) mass is 370 g/mol. The number of quaternary nitrogens is 1. The molecule has 3 N–H and O–H groups in total. The lowest BCUT2D eigenvalue weighted by molar-refractivity contribution is -0.991. The molecule has 1 aliphatic rings. The highest BCUT2D eigenvalue weighted by molar-refractivity contribution is 6.30. The Labute approximate surface area is 153 Å². The molecule has 0 radical (unpaired) electrons. The van der Waals surface area contributed by atoms with E-state index in [1.807, 2.05) is 12.1 Å². The summed E-state index contributed by atoms with van der Waals surface area (Å²) in [6, 6.07) is 13.9. The van der Waals surface area contributed by atoms with Crippen molar-refractivity contribution in [1.82, 2.24) is 20.3 Å². The normalized spacial score (nSPS) is 14.8. The van der Waals surface area contributed by atoms with Crippen LogP contribution >= 0.6 is 11.6 Å². The summed E-state index contributed by atoms with van der Waals surface area (Å²) in [4.78, 5) is 4.44. The minimum absolute atomic E-state index is 0.212. The van der Waals surface area contributed by atoms with E-state index in [1.54, 1.807) is 28.9 Å². The number of hydrogen-bond acceptors (Lipinski definition) is 6. The van der Waals surface area contributed by atoms with Gasteiger partial charge in [0.1, 0.15) is 5.69 Å². The average molecular weight is 371 g/mol.